The van der Waals surface area contributed by atoms with E-state index in [0.29, 0.717) is 0 Å². The predicted octanol–water partition coefficient (Wildman–Crippen LogP) is -0.410. The zero-order valence-electron chi connectivity index (χ0n) is 3.76. The van der Waals surface area contributed by atoms with Gasteiger partial charge in [0.1, 0.15) is 5.37 Å². The van der Waals surface area contributed by atoms with Crippen LogP contribution in [0.15, 0.2) is 0 Å². The SMILES string of the molecule is CC(N)S(=O)(=O)F. The second-order valence-electron chi connectivity index (χ2n) is 1.18. The summed E-state index contributed by atoms with van der Waals surface area (Å²) < 4.78 is 30.4. The highest BCUT2D eigenvalue weighted by Gasteiger charge is 2.11. The third kappa shape index (κ3) is 2.52. The molecule has 0 aliphatic rings. The predicted molar refractivity (Wildman–Crippen MR) is 23.7 cm³/mol. The van der Waals surface area contributed by atoms with Crippen molar-refractivity contribution in [2.45, 2.75) is 12.3 Å². The van der Waals surface area contributed by atoms with E-state index in [1.807, 2.05) is 0 Å². The molecule has 0 saturated carbocycles. The Kier molecular flexibility index (Phi) is 1.71. The minimum absolute atomic E-state index is 1.06. The molecule has 0 aromatic heterocycles. The molecule has 0 aliphatic heterocycles. The number of hydrogen-bond donors (Lipinski definition) is 1. The summed E-state index contributed by atoms with van der Waals surface area (Å²) in [6.45, 7) is 1.06. The molecule has 0 fully saturated rings. The molecule has 0 aliphatic carbocycles. The van der Waals surface area contributed by atoms with E-state index in [9.17, 15) is 12.3 Å². The van der Waals surface area contributed by atoms with Gasteiger partial charge in [0, 0.05) is 0 Å². The van der Waals surface area contributed by atoms with Crippen LogP contribution < -0.4 is 5.73 Å². The van der Waals surface area contributed by atoms with Gasteiger partial charge in [0.15, 0.2) is 0 Å². The molecule has 7 heavy (non-hydrogen) atoms. The van der Waals surface area contributed by atoms with Crippen molar-refractivity contribution >= 4 is 10.2 Å². The van der Waals surface area contributed by atoms with Crippen molar-refractivity contribution in [2.75, 3.05) is 0 Å². The Balaban J connectivity index is 4.10. The number of halogens is 1. The fraction of sp³-hybridized carbons (Fsp3) is 1.00. The van der Waals surface area contributed by atoms with E-state index in [-0.39, 0.29) is 0 Å². The number of nitrogens with two attached hydrogens (primary N) is 1. The van der Waals surface area contributed by atoms with Gasteiger partial charge in [-0.3, -0.25) is 0 Å². The average molecular weight is 127 g/mol. The Morgan fingerprint density at radius 1 is 1.71 bits per heavy atom. The molecule has 0 heterocycles. The minimum atomic E-state index is -4.46. The lowest BCUT2D eigenvalue weighted by Gasteiger charge is -1.92. The van der Waals surface area contributed by atoms with E-state index in [2.05, 4.69) is 5.73 Å². The van der Waals surface area contributed by atoms with E-state index in [4.69, 9.17) is 0 Å². The van der Waals surface area contributed by atoms with Crippen LogP contribution in [0.5, 0.6) is 0 Å². The van der Waals surface area contributed by atoms with E-state index in [0.717, 1.165) is 6.92 Å². The summed E-state index contributed by atoms with van der Waals surface area (Å²) in [7, 11) is -4.46. The molecule has 44 valence electrons. The molecule has 5 heteroatoms. The van der Waals surface area contributed by atoms with Crippen LogP contribution in [0.2, 0.25) is 0 Å². The highest BCUT2D eigenvalue weighted by atomic mass is 32.3. The first-order valence-electron chi connectivity index (χ1n) is 1.63. The molecule has 0 saturated heterocycles. The highest BCUT2D eigenvalue weighted by Crippen LogP contribution is 1.93. The molecule has 0 aromatic rings. The van der Waals surface area contributed by atoms with Gasteiger partial charge in [-0.2, -0.15) is 8.42 Å². The van der Waals surface area contributed by atoms with Gasteiger partial charge in [-0.15, -0.1) is 3.89 Å². The fourth-order valence-electron chi connectivity index (χ4n) is 0. The number of hydrogen-bond acceptors (Lipinski definition) is 3. The molecular formula is C2H6FNO2S. The van der Waals surface area contributed by atoms with E-state index in [1.54, 1.807) is 0 Å². The molecule has 0 rings (SSSR count). The molecule has 0 spiro atoms. The van der Waals surface area contributed by atoms with Crippen molar-refractivity contribution in [1.82, 2.24) is 0 Å². The summed E-state index contributed by atoms with van der Waals surface area (Å²) in [5.41, 5.74) is 4.61. The molecule has 1 atom stereocenters. The van der Waals surface area contributed by atoms with Gasteiger partial charge in [-0.1, -0.05) is 0 Å². The molecule has 0 radical (unpaired) electrons. The quantitative estimate of drug-likeness (QED) is 0.487. The topological polar surface area (TPSA) is 60.2 Å². The summed E-state index contributed by atoms with van der Waals surface area (Å²) in [5, 5.41) is -1.40. The van der Waals surface area contributed by atoms with Crippen molar-refractivity contribution in [3.05, 3.63) is 0 Å². The molecule has 0 amide bonds. The molecule has 2 N–H and O–H groups in total. The van der Waals surface area contributed by atoms with Gasteiger partial charge >= 0.3 is 10.2 Å². The Labute approximate surface area is 41.5 Å². The van der Waals surface area contributed by atoms with Gasteiger partial charge in [0.2, 0.25) is 0 Å². The van der Waals surface area contributed by atoms with Gasteiger partial charge in [-0.25, -0.2) is 0 Å². The van der Waals surface area contributed by atoms with Gasteiger partial charge in [0.25, 0.3) is 0 Å². The zero-order valence-corrected chi connectivity index (χ0v) is 4.57. The van der Waals surface area contributed by atoms with E-state index < -0.39 is 15.6 Å². The monoisotopic (exact) mass is 127 g/mol. The molecule has 0 aromatic carbocycles. The summed E-state index contributed by atoms with van der Waals surface area (Å²) >= 11 is 0. The van der Waals surface area contributed by atoms with E-state index >= 15 is 0 Å². The van der Waals surface area contributed by atoms with Gasteiger partial charge in [0.05, 0.1) is 0 Å². The normalized spacial score (nSPS) is 16.4. The average Bonchev–Trinajstić information content (AvgIpc) is 1.31. The van der Waals surface area contributed by atoms with Crippen molar-refractivity contribution in [3.63, 3.8) is 0 Å². The lowest BCUT2D eigenvalue weighted by atomic mass is 10.8. The maximum absolute atomic E-state index is 11.4. The van der Waals surface area contributed by atoms with Crippen LogP contribution in [0.4, 0.5) is 3.89 Å². The van der Waals surface area contributed by atoms with Crippen LogP contribution in [-0.4, -0.2) is 13.8 Å². The van der Waals surface area contributed by atoms with Crippen LogP contribution in [0, 0.1) is 0 Å². The third-order valence-electron chi connectivity index (χ3n) is 0.444. The van der Waals surface area contributed by atoms with Gasteiger partial charge < -0.3 is 5.73 Å². The second kappa shape index (κ2) is 1.75. The molecule has 1 unspecified atom stereocenters. The minimum Gasteiger partial charge on any atom is -0.313 e. The Bertz CT molecular complexity index is 138. The zero-order chi connectivity index (χ0) is 6.08. The van der Waals surface area contributed by atoms with Crippen molar-refractivity contribution < 1.29 is 12.3 Å². The lowest BCUT2D eigenvalue weighted by Crippen LogP contribution is -2.22. The Hall–Kier alpha value is -0.160. The van der Waals surface area contributed by atoms with Crippen LogP contribution in [0.3, 0.4) is 0 Å². The maximum atomic E-state index is 11.4. The third-order valence-corrected chi connectivity index (χ3v) is 1.33. The van der Waals surface area contributed by atoms with Crippen molar-refractivity contribution in [2.24, 2.45) is 5.73 Å². The highest BCUT2D eigenvalue weighted by molar-refractivity contribution is 7.86. The molecule has 0 bridgehead atoms. The van der Waals surface area contributed by atoms with Crippen LogP contribution in [0.25, 0.3) is 0 Å². The Morgan fingerprint density at radius 2 is 1.86 bits per heavy atom. The summed E-state index contributed by atoms with van der Waals surface area (Å²) in [6.07, 6.45) is 0. The summed E-state index contributed by atoms with van der Waals surface area (Å²) in [5.74, 6) is 0. The van der Waals surface area contributed by atoms with Crippen LogP contribution in [0.1, 0.15) is 6.92 Å². The number of rotatable bonds is 1. The molecular weight excluding hydrogens is 121 g/mol. The van der Waals surface area contributed by atoms with Crippen molar-refractivity contribution in [1.29, 1.82) is 0 Å². The fourth-order valence-corrected chi connectivity index (χ4v) is 0. The Morgan fingerprint density at radius 3 is 1.86 bits per heavy atom. The summed E-state index contributed by atoms with van der Waals surface area (Å²) in [4.78, 5) is 0. The van der Waals surface area contributed by atoms with Crippen LogP contribution >= 0.6 is 0 Å². The van der Waals surface area contributed by atoms with E-state index in [1.165, 1.54) is 0 Å². The maximum Gasteiger partial charge on any atom is 0.317 e. The molecule has 3 nitrogen and oxygen atoms in total. The van der Waals surface area contributed by atoms with Gasteiger partial charge in [-0.05, 0) is 6.92 Å². The standard InChI is InChI=1S/C2H6FNO2S/c1-2(4)7(3,5)6/h2H,4H2,1H3. The first kappa shape index (κ1) is 6.84. The summed E-state index contributed by atoms with van der Waals surface area (Å²) in [6, 6.07) is 0. The largest absolute Gasteiger partial charge is 0.317 e. The second-order valence-corrected chi connectivity index (χ2v) is 2.88. The van der Waals surface area contributed by atoms with Crippen LogP contribution in [-0.2, 0) is 10.2 Å². The van der Waals surface area contributed by atoms with Crippen molar-refractivity contribution in [3.8, 4) is 0 Å². The first-order chi connectivity index (χ1) is 2.94. The smallest absolute Gasteiger partial charge is 0.313 e. The first-order valence-corrected chi connectivity index (χ1v) is 3.08. The lowest BCUT2D eigenvalue weighted by molar-refractivity contribution is 0.539.